The van der Waals surface area contributed by atoms with Crippen LogP contribution in [0.5, 0.6) is 0 Å². The summed E-state index contributed by atoms with van der Waals surface area (Å²) in [5.74, 6) is 0.441. The Labute approximate surface area is 73.0 Å². The Morgan fingerprint density at radius 1 is 1.42 bits per heavy atom. The Hall–Kier alpha value is 0.0800. The average molecular weight is 214 g/mol. The average Bonchev–Trinajstić information content (AvgIpc) is 1.84. The third-order valence-electron chi connectivity index (χ3n) is 1.03. The molecule has 0 aromatic carbocycles. The Morgan fingerprint density at radius 3 is 2.42 bits per heavy atom. The minimum absolute atomic E-state index is 0.274. The van der Waals surface area contributed by atoms with Crippen molar-refractivity contribution in [3.05, 3.63) is 0 Å². The zero-order valence-electron chi connectivity index (χ0n) is 6.97. The quantitative estimate of drug-likeness (QED) is 0.687. The summed E-state index contributed by atoms with van der Waals surface area (Å²) in [4.78, 5) is 8.15. The lowest BCUT2D eigenvalue weighted by molar-refractivity contribution is 0.262. The van der Waals surface area contributed by atoms with Gasteiger partial charge in [-0.05, 0) is 12.3 Å². The molecule has 0 heterocycles. The predicted molar refractivity (Wildman–Crippen MR) is 43.9 cm³/mol. The summed E-state index contributed by atoms with van der Waals surface area (Å²) in [6, 6.07) is 0. The normalized spacial score (nSPS) is 13.3. The summed E-state index contributed by atoms with van der Waals surface area (Å²) in [5, 5.41) is 0. The predicted octanol–water partition coefficient (Wildman–Crippen LogP) is 2.37. The number of hydrogen-bond acceptors (Lipinski definition) is 4. The molecule has 0 saturated carbocycles. The summed E-state index contributed by atoms with van der Waals surface area (Å²) in [6.07, 6.45) is 0.743. The molecule has 1 N–H and O–H groups in total. The molecule has 0 radical (unpaired) electrons. The van der Waals surface area contributed by atoms with Crippen LogP contribution in [0.2, 0.25) is 0 Å². The van der Waals surface area contributed by atoms with Crippen LogP contribution in [-0.2, 0) is 18.0 Å². The van der Waals surface area contributed by atoms with Crippen molar-refractivity contribution in [2.75, 3.05) is 6.61 Å². The van der Waals surface area contributed by atoms with Crippen molar-refractivity contribution in [1.82, 2.24) is 0 Å². The Morgan fingerprint density at radius 2 is 2.00 bits per heavy atom. The molecule has 0 spiro atoms. The van der Waals surface area contributed by atoms with Gasteiger partial charge in [0.1, 0.15) is 6.61 Å². The highest BCUT2D eigenvalue weighted by Crippen LogP contribution is 2.36. The van der Waals surface area contributed by atoms with Crippen molar-refractivity contribution < 1.29 is 22.9 Å². The molecule has 0 amide bonds. The monoisotopic (exact) mass is 214 g/mol. The van der Waals surface area contributed by atoms with Crippen LogP contribution in [0.25, 0.3) is 0 Å². The Kier molecular flexibility index (Phi) is 6.62. The highest BCUT2D eigenvalue weighted by molar-refractivity contribution is 7.47. The first-order valence-corrected chi connectivity index (χ1v) is 5.69. The van der Waals surface area contributed by atoms with E-state index in [1.807, 2.05) is 13.8 Å². The fraction of sp³-hybridized carbons (Fsp3) is 1.00. The fourth-order valence-electron chi connectivity index (χ4n) is 0.444. The maximum atomic E-state index is 10.6. The second kappa shape index (κ2) is 6.58. The summed E-state index contributed by atoms with van der Waals surface area (Å²) in [5.41, 5.74) is 0. The van der Waals surface area contributed by atoms with Gasteiger partial charge in [-0.2, -0.15) is 0 Å². The molecule has 0 rings (SSSR count). The van der Waals surface area contributed by atoms with E-state index >= 15 is 0 Å². The van der Waals surface area contributed by atoms with Gasteiger partial charge < -0.3 is 0 Å². The van der Waals surface area contributed by atoms with Gasteiger partial charge in [-0.3, -0.25) is 0 Å². The Balaban J connectivity index is 3.38. The van der Waals surface area contributed by atoms with Gasteiger partial charge in [0.2, 0.25) is 0 Å². The highest BCUT2D eigenvalue weighted by Gasteiger charge is 2.36. The van der Waals surface area contributed by atoms with Crippen molar-refractivity contribution in [1.29, 1.82) is 0 Å². The van der Waals surface area contributed by atoms with Gasteiger partial charge in [-0.1, -0.05) is 13.8 Å². The molecular weight excluding hydrogens is 202 g/mol. The minimum Gasteiger partial charge on any atom is -0.131 e. The summed E-state index contributed by atoms with van der Waals surface area (Å²) < 4.78 is 29.2. The molecule has 2 unspecified atom stereocenters. The van der Waals surface area contributed by atoms with Crippen LogP contribution in [0.3, 0.4) is 0 Å². The third-order valence-corrected chi connectivity index (χ3v) is 2.51. The van der Waals surface area contributed by atoms with Crippen molar-refractivity contribution in [2.24, 2.45) is 5.92 Å². The van der Waals surface area contributed by atoms with Gasteiger partial charge >= 0.3 is 16.5 Å². The topological polar surface area (TPSA) is 72.8 Å². The molecular formula is C5H12O5P2+2. The lowest BCUT2D eigenvalue weighted by Gasteiger charge is -1.96. The van der Waals surface area contributed by atoms with E-state index in [1.54, 1.807) is 0 Å². The van der Waals surface area contributed by atoms with Gasteiger partial charge in [-0.25, -0.2) is 0 Å². The first-order valence-electron chi connectivity index (χ1n) is 3.46. The van der Waals surface area contributed by atoms with Gasteiger partial charge in [-0.15, -0.1) is 9.42 Å². The maximum absolute atomic E-state index is 10.6. The van der Waals surface area contributed by atoms with E-state index in [2.05, 4.69) is 8.83 Å². The van der Waals surface area contributed by atoms with E-state index in [0.717, 1.165) is 6.42 Å². The molecule has 5 nitrogen and oxygen atoms in total. The second-order valence-electron chi connectivity index (χ2n) is 2.56. The molecule has 0 fully saturated rings. The van der Waals surface area contributed by atoms with Crippen LogP contribution >= 0.6 is 16.5 Å². The zero-order valence-corrected chi connectivity index (χ0v) is 8.76. The molecule has 7 heteroatoms. The van der Waals surface area contributed by atoms with E-state index in [0.29, 0.717) is 5.92 Å². The van der Waals surface area contributed by atoms with E-state index in [9.17, 15) is 9.13 Å². The summed E-state index contributed by atoms with van der Waals surface area (Å²) in [6.45, 7) is 4.25. The van der Waals surface area contributed by atoms with Crippen LogP contribution < -0.4 is 0 Å². The molecule has 0 aliphatic heterocycles. The molecule has 0 aliphatic carbocycles. The molecule has 0 aromatic heterocycles. The third kappa shape index (κ3) is 8.18. The first kappa shape index (κ1) is 12.1. The molecule has 0 saturated heterocycles. The van der Waals surface area contributed by atoms with Gasteiger partial charge in [0.25, 0.3) is 0 Å². The molecule has 0 bridgehead atoms. The Bertz CT molecular complexity index is 169. The highest BCUT2D eigenvalue weighted by atomic mass is 31.2. The van der Waals surface area contributed by atoms with Crippen LogP contribution in [0.4, 0.5) is 0 Å². The summed E-state index contributed by atoms with van der Waals surface area (Å²) >= 11 is 0. The van der Waals surface area contributed by atoms with Gasteiger partial charge in [0.05, 0.1) is 0 Å². The van der Waals surface area contributed by atoms with Crippen molar-refractivity contribution in [2.45, 2.75) is 20.3 Å². The van der Waals surface area contributed by atoms with E-state index < -0.39 is 16.5 Å². The van der Waals surface area contributed by atoms with E-state index in [1.165, 1.54) is 0 Å². The molecule has 0 aromatic rings. The van der Waals surface area contributed by atoms with Gasteiger partial charge in [0, 0.05) is 9.13 Å². The maximum Gasteiger partial charge on any atom is 0.747 e. The minimum atomic E-state index is -2.83. The molecule has 70 valence electrons. The molecule has 0 aliphatic rings. The largest absolute Gasteiger partial charge is 0.747 e. The van der Waals surface area contributed by atoms with Crippen molar-refractivity contribution in [3.8, 4) is 0 Å². The fourth-order valence-corrected chi connectivity index (χ4v) is 1.34. The standard InChI is InChI=1S/C5H11O5P2/c1-5(2)3-4-9-12(8)10-11(6)7/h5H,3-4H2,1-2H3/q+1/p+1. The van der Waals surface area contributed by atoms with Crippen molar-refractivity contribution >= 4 is 16.5 Å². The molecule has 12 heavy (non-hydrogen) atoms. The van der Waals surface area contributed by atoms with Crippen LogP contribution in [0, 0.1) is 5.92 Å². The number of rotatable bonds is 6. The first-order chi connectivity index (χ1) is 5.52. The lowest BCUT2D eigenvalue weighted by Crippen LogP contribution is -1.93. The van der Waals surface area contributed by atoms with Crippen LogP contribution in [-0.4, -0.2) is 11.5 Å². The zero-order chi connectivity index (χ0) is 9.56. The SMILES string of the molecule is CC(C)CCO[P+](=O)O[P+](=O)O. The van der Waals surface area contributed by atoms with Gasteiger partial charge in [0.15, 0.2) is 4.31 Å². The molecule has 2 atom stereocenters. The van der Waals surface area contributed by atoms with E-state index in [-0.39, 0.29) is 6.61 Å². The van der Waals surface area contributed by atoms with Crippen molar-refractivity contribution in [3.63, 3.8) is 0 Å². The second-order valence-corrected chi connectivity index (χ2v) is 4.39. The van der Waals surface area contributed by atoms with Crippen LogP contribution in [0.1, 0.15) is 20.3 Å². The lowest BCUT2D eigenvalue weighted by atomic mass is 10.2. The van der Waals surface area contributed by atoms with Crippen LogP contribution in [0.15, 0.2) is 0 Å². The smallest absolute Gasteiger partial charge is 0.131 e. The summed E-state index contributed by atoms with van der Waals surface area (Å²) in [7, 11) is -5.26. The van der Waals surface area contributed by atoms with E-state index in [4.69, 9.17) is 4.89 Å². The number of hydrogen-bond donors (Lipinski definition) is 1.